The van der Waals surface area contributed by atoms with Crippen molar-refractivity contribution >= 4 is 11.9 Å². The van der Waals surface area contributed by atoms with Crippen LogP contribution < -0.4 is 11.1 Å². The summed E-state index contributed by atoms with van der Waals surface area (Å²) in [5.41, 5.74) is 7.19. The zero-order valence-corrected chi connectivity index (χ0v) is 13.5. The zero-order chi connectivity index (χ0) is 17.2. The molecule has 0 aromatic heterocycles. The summed E-state index contributed by atoms with van der Waals surface area (Å²) in [7, 11) is 0. The predicted octanol–water partition coefficient (Wildman–Crippen LogP) is 2.33. The second kappa shape index (κ2) is 9.47. The summed E-state index contributed by atoms with van der Waals surface area (Å²) in [6.45, 7) is 0.490. The van der Waals surface area contributed by atoms with Crippen molar-refractivity contribution in [1.82, 2.24) is 5.32 Å². The summed E-state index contributed by atoms with van der Waals surface area (Å²) in [4.78, 5) is 24.0. The van der Waals surface area contributed by atoms with Gasteiger partial charge in [0.2, 0.25) is 5.91 Å². The Balaban J connectivity index is 1.96. The third-order valence-corrected chi connectivity index (χ3v) is 3.52. The first-order valence-corrected chi connectivity index (χ1v) is 7.93. The maximum absolute atomic E-state index is 12.1. The van der Waals surface area contributed by atoms with Crippen molar-refractivity contribution in [3.8, 4) is 0 Å². The lowest BCUT2D eigenvalue weighted by Gasteiger charge is -2.18. The Labute approximate surface area is 141 Å². The van der Waals surface area contributed by atoms with E-state index in [1.807, 2.05) is 60.7 Å². The summed E-state index contributed by atoms with van der Waals surface area (Å²) < 4.78 is 5.31. The van der Waals surface area contributed by atoms with Crippen LogP contribution in [0.2, 0.25) is 0 Å². The first-order valence-electron chi connectivity index (χ1n) is 7.93. The van der Waals surface area contributed by atoms with Gasteiger partial charge in [0.15, 0.2) is 0 Å². The highest BCUT2D eigenvalue weighted by atomic mass is 16.5. The van der Waals surface area contributed by atoms with E-state index in [4.69, 9.17) is 10.5 Å². The van der Waals surface area contributed by atoms with E-state index in [1.54, 1.807) is 0 Å². The molecule has 2 rings (SSSR count). The van der Waals surface area contributed by atoms with Crippen molar-refractivity contribution in [1.29, 1.82) is 0 Å². The van der Waals surface area contributed by atoms with Gasteiger partial charge in [-0.1, -0.05) is 60.7 Å². The van der Waals surface area contributed by atoms with Crippen molar-refractivity contribution in [2.75, 3.05) is 6.54 Å². The number of hydrogen-bond donors (Lipinski definition) is 2. The molecule has 1 unspecified atom stereocenters. The number of ether oxygens (including phenoxy) is 1. The molecule has 2 aromatic carbocycles. The van der Waals surface area contributed by atoms with Crippen molar-refractivity contribution in [2.24, 2.45) is 5.73 Å². The highest BCUT2D eigenvalue weighted by Crippen LogP contribution is 2.18. The average molecular weight is 326 g/mol. The van der Waals surface area contributed by atoms with Gasteiger partial charge in [-0.3, -0.25) is 9.59 Å². The maximum Gasteiger partial charge on any atom is 0.308 e. The van der Waals surface area contributed by atoms with Crippen LogP contribution in [0.1, 0.15) is 30.0 Å². The van der Waals surface area contributed by atoms with Crippen LogP contribution in [0.15, 0.2) is 60.7 Å². The van der Waals surface area contributed by atoms with Crippen LogP contribution in [0.4, 0.5) is 0 Å². The Kier molecular flexibility index (Phi) is 6.98. The van der Waals surface area contributed by atoms with Gasteiger partial charge in [-0.15, -0.1) is 0 Å². The van der Waals surface area contributed by atoms with Crippen LogP contribution in [-0.4, -0.2) is 18.4 Å². The highest BCUT2D eigenvalue weighted by Gasteiger charge is 2.19. The molecule has 2 aromatic rings. The minimum atomic E-state index is -0.423. The standard InChI is InChI=1S/C19H22N2O3/c20-12-11-18(22)21-17(16-9-5-2-6-10-16)13-19(23)24-14-15-7-3-1-4-8-15/h1-10,17H,11-14,20H2,(H,21,22). The van der Waals surface area contributed by atoms with E-state index in [1.165, 1.54) is 0 Å². The molecule has 0 aliphatic carbocycles. The predicted molar refractivity (Wildman–Crippen MR) is 91.9 cm³/mol. The number of esters is 1. The second-order valence-electron chi connectivity index (χ2n) is 5.42. The molecule has 0 bridgehead atoms. The Morgan fingerprint density at radius 3 is 2.25 bits per heavy atom. The third kappa shape index (κ3) is 5.85. The summed E-state index contributed by atoms with van der Waals surface area (Å²) in [6.07, 6.45) is 0.301. The van der Waals surface area contributed by atoms with Crippen molar-refractivity contribution < 1.29 is 14.3 Å². The molecule has 0 fully saturated rings. The molecule has 0 saturated heterocycles. The zero-order valence-electron chi connectivity index (χ0n) is 13.5. The van der Waals surface area contributed by atoms with Gasteiger partial charge in [0.1, 0.15) is 6.61 Å². The SMILES string of the molecule is NCCC(=O)NC(CC(=O)OCc1ccccc1)c1ccccc1. The summed E-state index contributed by atoms with van der Waals surface area (Å²) in [6, 6.07) is 18.4. The molecule has 0 saturated carbocycles. The van der Waals surface area contributed by atoms with Gasteiger partial charge in [-0.25, -0.2) is 0 Å². The first kappa shape index (κ1) is 17.7. The van der Waals surface area contributed by atoms with Gasteiger partial charge in [-0.2, -0.15) is 0 Å². The van der Waals surface area contributed by atoms with Gasteiger partial charge < -0.3 is 15.8 Å². The third-order valence-electron chi connectivity index (χ3n) is 3.52. The number of rotatable bonds is 8. The molecular weight excluding hydrogens is 304 g/mol. The molecule has 0 spiro atoms. The largest absolute Gasteiger partial charge is 0.461 e. The molecule has 0 aliphatic rings. The molecule has 1 amide bonds. The van der Waals surface area contributed by atoms with Gasteiger partial charge in [0.25, 0.3) is 0 Å². The number of nitrogens with two attached hydrogens (primary N) is 1. The Bertz CT molecular complexity index is 644. The summed E-state index contributed by atoms with van der Waals surface area (Å²) in [5.74, 6) is -0.539. The topological polar surface area (TPSA) is 81.4 Å². The molecule has 5 heteroatoms. The van der Waals surface area contributed by atoms with Crippen molar-refractivity contribution in [3.63, 3.8) is 0 Å². The molecule has 0 aliphatic heterocycles. The maximum atomic E-state index is 12.1. The normalized spacial score (nSPS) is 11.5. The molecule has 0 heterocycles. The molecule has 1 atom stereocenters. The molecule has 3 N–H and O–H groups in total. The summed E-state index contributed by atoms with van der Waals surface area (Å²) >= 11 is 0. The number of hydrogen-bond acceptors (Lipinski definition) is 4. The van der Waals surface area contributed by atoms with Crippen LogP contribution >= 0.6 is 0 Å². The minimum absolute atomic E-state index is 0.0765. The number of nitrogens with one attached hydrogen (secondary N) is 1. The van der Waals surface area contributed by atoms with E-state index in [2.05, 4.69) is 5.32 Å². The van der Waals surface area contributed by atoms with E-state index < -0.39 is 6.04 Å². The fourth-order valence-corrected chi connectivity index (χ4v) is 2.30. The van der Waals surface area contributed by atoms with Crippen LogP contribution in [0, 0.1) is 0 Å². The number of carbonyl (C=O) groups excluding carboxylic acids is 2. The van der Waals surface area contributed by atoms with E-state index in [0.29, 0.717) is 0 Å². The summed E-state index contributed by atoms with van der Waals surface area (Å²) in [5, 5.41) is 2.84. The quantitative estimate of drug-likeness (QED) is 0.730. The Morgan fingerprint density at radius 1 is 1.00 bits per heavy atom. The number of benzene rings is 2. The Hall–Kier alpha value is -2.66. The number of carbonyl (C=O) groups is 2. The van der Waals surface area contributed by atoms with Crippen molar-refractivity contribution in [3.05, 3.63) is 71.8 Å². The molecule has 0 radical (unpaired) electrons. The minimum Gasteiger partial charge on any atom is -0.461 e. The van der Waals surface area contributed by atoms with Gasteiger partial charge in [-0.05, 0) is 11.1 Å². The molecule has 5 nitrogen and oxygen atoms in total. The smallest absolute Gasteiger partial charge is 0.308 e. The van der Waals surface area contributed by atoms with E-state index in [9.17, 15) is 9.59 Å². The fraction of sp³-hybridized carbons (Fsp3) is 0.263. The van der Waals surface area contributed by atoms with Crippen LogP contribution in [0.25, 0.3) is 0 Å². The van der Waals surface area contributed by atoms with E-state index in [0.717, 1.165) is 11.1 Å². The van der Waals surface area contributed by atoms with Crippen LogP contribution in [-0.2, 0) is 20.9 Å². The number of amides is 1. The molecular formula is C19H22N2O3. The molecule has 126 valence electrons. The second-order valence-corrected chi connectivity index (χ2v) is 5.42. The highest BCUT2D eigenvalue weighted by molar-refractivity contribution is 5.78. The fourth-order valence-electron chi connectivity index (χ4n) is 2.30. The lowest BCUT2D eigenvalue weighted by Crippen LogP contribution is -2.31. The molecule has 24 heavy (non-hydrogen) atoms. The van der Waals surface area contributed by atoms with E-state index in [-0.39, 0.29) is 37.9 Å². The Morgan fingerprint density at radius 2 is 1.62 bits per heavy atom. The average Bonchev–Trinajstić information content (AvgIpc) is 2.61. The van der Waals surface area contributed by atoms with Crippen molar-refractivity contribution in [2.45, 2.75) is 25.5 Å². The first-order chi connectivity index (χ1) is 11.7. The van der Waals surface area contributed by atoms with Gasteiger partial charge >= 0.3 is 5.97 Å². The van der Waals surface area contributed by atoms with E-state index >= 15 is 0 Å². The monoisotopic (exact) mass is 326 g/mol. The van der Waals surface area contributed by atoms with Crippen LogP contribution in [0.5, 0.6) is 0 Å². The van der Waals surface area contributed by atoms with Crippen LogP contribution in [0.3, 0.4) is 0 Å². The van der Waals surface area contributed by atoms with Gasteiger partial charge in [0.05, 0.1) is 12.5 Å². The lowest BCUT2D eigenvalue weighted by atomic mass is 10.0. The lowest BCUT2D eigenvalue weighted by molar-refractivity contribution is -0.145. The van der Waals surface area contributed by atoms with Gasteiger partial charge in [0, 0.05) is 13.0 Å².